The molecule has 1 rings (SSSR count). The maximum atomic E-state index is 11.5. The van der Waals surface area contributed by atoms with Crippen LogP contribution in [-0.2, 0) is 23.9 Å². The summed E-state index contributed by atoms with van der Waals surface area (Å²) in [6, 6.07) is -1.65. The highest BCUT2D eigenvalue weighted by Crippen LogP contribution is 2.06. The highest BCUT2D eigenvalue weighted by molar-refractivity contribution is 5.91. The Morgan fingerprint density at radius 1 is 1.39 bits per heavy atom. The number of nitrogens with two attached hydrogens (primary N) is 2. The van der Waals surface area contributed by atoms with Crippen LogP contribution >= 0.6 is 0 Å². The van der Waals surface area contributed by atoms with Gasteiger partial charge in [-0.1, -0.05) is 0 Å². The minimum atomic E-state index is -1.19. The lowest BCUT2D eigenvalue weighted by Crippen LogP contribution is -2.42. The molecule has 102 valence electrons. The largest absolute Gasteiger partial charge is 0.462 e. The van der Waals surface area contributed by atoms with Gasteiger partial charge in [0, 0.05) is 0 Å². The molecule has 0 radical (unpaired) electrons. The van der Waals surface area contributed by atoms with Crippen LogP contribution in [0.4, 0.5) is 0 Å². The van der Waals surface area contributed by atoms with Crippen molar-refractivity contribution in [2.24, 2.45) is 11.5 Å². The molecule has 0 saturated carbocycles. The summed E-state index contributed by atoms with van der Waals surface area (Å²) >= 11 is 0. The number of hydrogen-bond donors (Lipinski definition) is 3. The average Bonchev–Trinajstić information content (AvgIpc) is 2.89. The van der Waals surface area contributed by atoms with Crippen molar-refractivity contribution in [2.45, 2.75) is 24.9 Å². The molecule has 0 spiro atoms. The van der Waals surface area contributed by atoms with E-state index in [9.17, 15) is 14.4 Å². The molecule has 1 heterocycles. The quantitative estimate of drug-likeness (QED) is 0.368. The summed E-state index contributed by atoms with van der Waals surface area (Å²) in [7, 11) is 0. The van der Waals surface area contributed by atoms with E-state index in [1.807, 2.05) is 0 Å². The van der Waals surface area contributed by atoms with Crippen LogP contribution in [0.3, 0.4) is 0 Å². The van der Waals surface area contributed by atoms with Gasteiger partial charge in [-0.25, -0.2) is 9.59 Å². The van der Waals surface area contributed by atoms with Gasteiger partial charge in [0.15, 0.2) is 0 Å². The van der Waals surface area contributed by atoms with Gasteiger partial charge in [-0.05, 0) is 19.4 Å². The van der Waals surface area contributed by atoms with Gasteiger partial charge in [-0.3, -0.25) is 4.79 Å². The first kappa shape index (κ1) is 14.6. The monoisotopic (exact) mass is 259 g/mol. The van der Waals surface area contributed by atoms with Crippen LogP contribution in [0.25, 0.3) is 0 Å². The van der Waals surface area contributed by atoms with E-state index in [-0.39, 0.29) is 13.2 Å². The van der Waals surface area contributed by atoms with Crippen molar-refractivity contribution in [3.8, 4) is 0 Å². The summed E-state index contributed by atoms with van der Waals surface area (Å²) < 4.78 is 9.14. The van der Waals surface area contributed by atoms with Crippen LogP contribution < -0.4 is 16.8 Å². The van der Waals surface area contributed by atoms with E-state index < -0.39 is 30.0 Å². The fourth-order valence-electron chi connectivity index (χ4n) is 1.44. The lowest BCUT2D eigenvalue weighted by Gasteiger charge is -2.13. The molecule has 0 aromatic rings. The standard InChI is InChI=1S/C10H17N3O5/c11-4-8(14)17-5-6(12)9(15)18-10(16)7-2-1-3-13-7/h6-7,13H,1-5,11-12H2/t6-,7-/m0/s1. The van der Waals surface area contributed by atoms with E-state index in [0.717, 1.165) is 6.42 Å². The molecule has 1 aliphatic heterocycles. The number of carbonyl (C=O) groups is 3. The molecule has 0 aromatic heterocycles. The first-order chi connectivity index (χ1) is 8.54. The molecule has 0 aromatic carbocycles. The van der Waals surface area contributed by atoms with Crippen molar-refractivity contribution in [3.63, 3.8) is 0 Å². The van der Waals surface area contributed by atoms with Crippen LogP contribution in [-0.4, -0.2) is 49.7 Å². The maximum absolute atomic E-state index is 11.5. The van der Waals surface area contributed by atoms with E-state index in [0.29, 0.717) is 13.0 Å². The Hall–Kier alpha value is -1.51. The summed E-state index contributed by atoms with van der Waals surface area (Å²) in [5.74, 6) is -2.25. The predicted molar refractivity (Wildman–Crippen MR) is 60.1 cm³/mol. The molecule has 0 aliphatic carbocycles. The third kappa shape index (κ3) is 4.40. The molecule has 0 amide bonds. The fourth-order valence-corrected chi connectivity index (χ4v) is 1.44. The van der Waals surface area contributed by atoms with Gasteiger partial charge in [-0.15, -0.1) is 0 Å². The van der Waals surface area contributed by atoms with Crippen molar-refractivity contribution in [1.29, 1.82) is 0 Å². The summed E-state index contributed by atoms with van der Waals surface area (Å²) in [5.41, 5.74) is 10.4. The highest BCUT2D eigenvalue weighted by Gasteiger charge is 2.28. The Bertz CT molecular complexity index is 327. The van der Waals surface area contributed by atoms with Gasteiger partial charge in [0.05, 0.1) is 6.54 Å². The normalized spacial score (nSPS) is 20.2. The Labute approximate surface area is 104 Å². The number of carbonyl (C=O) groups excluding carboxylic acids is 3. The summed E-state index contributed by atoms with van der Waals surface area (Å²) in [5, 5.41) is 2.89. The van der Waals surface area contributed by atoms with Gasteiger partial charge in [0.1, 0.15) is 18.7 Å². The van der Waals surface area contributed by atoms with Gasteiger partial charge < -0.3 is 26.3 Å². The van der Waals surface area contributed by atoms with Crippen molar-refractivity contribution in [3.05, 3.63) is 0 Å². The number of rotatable bonds is 5. The van der Waals surface area contributed by atoms with Gasteiger partial charge in [0.25, 0.3) is 0 Å². The molecule has 2 atom stereocenters. The van der Waals surface area contributed by atoms with E-state index in [1.165, 1.54) is 0 Å². The van der Waals surface area contributed by atoms with E-state index >= 15 is 0 Å². The number of hydrogen-bond acceptors (Lipinski definition) is 8. The lowest BCUT2D eigenvalue weighted by molar-refractivity contribution is -0.163. The van der Waals surface area contributed by atoms with Crippen molar-refractivity contribution >= 4 is 17.9 Å². The van der Waals surface area contributed by atoms with E-state index in [4.69, 9.17) is 11.5 Å². The number of ether oxygens (including phenoxy) is 2. The van der Waals surface area contributed by atoms with Crippen LogP contribution in [0.2, 0.25) is 0 Å². The Morgan fingerprint density at radius 2 is 2.11 bits per heavy atom. The Balaban J connectivity index is 2.30. The van der Waals surface area contributed by atoms with Crippen molar-refractivity contribution in [2.75, 3.05) is 19.7 Å². The topological polar surface area (TPSA) is 134 Å². The van der Waals surface area contributed by atoms with Gasteiger partial charge in [0.2, 0.25) is 0 Å². The zero-order valence-electron chi connectivity index (χ0n) is 9.89. The average molecular weight is 259 g/mol. The van der Waals surface area contributed by atoms with Crippen LogP contribution in [0.5, 0.6) is 0 Å². The highest BCUT2D eigenvalue weighted by atomic mass is 16.6. The summed E-state index contributed by atoms with van der Waals surface area (Å²) in [6.45, 7) is 0.0566. The van der Waals surface area contributed by atoms with E-state index in [2.05, 4.69) is 14.8 Å². The zero-order chi connectivity index (χ0) is 13.5. The first-order valence-electron chi connectivity index (χ1n) is 5.64. The Kier molecular flexibility index (Phi) is 5.69. The fraction of sp³-hybridized carbons (Fsp3) is 0.700. The lowest BCUT2D eigenvalue weighted by atomic mass is 10.2. The predicted octanol–water partition coefficient (Wildman–Crippen LogP) is -2.36. The van der Waals surface area contributed by atoms with E-state index in [1.54, 1.807) is 0 Å². The van der Waals surface area contributed by atoms with Crippen LogP contribution in [0.1, 0.15) is 12.8 Å². The molecule has 0 bridgehead atoms. The van der Waals surface area contributed by atoms with Crippen molar-refractivity contribution < 1.29 is 23.9 Å². The van der Waals surface area contributed by atoms with Crippen molar-refractivity contribution in [1.82, 2.24) is 5.32 Å². The second kappa shape index (κ2) is 7.04. The molecule has 5 N–H and O–H groups in total. The zero-order valence-corrected chi connectivity index (χ0v) is 9.89. The Morgan fingerprint density at radius 3 is 2.67 bits per heavy atom. The molecule has 0 unspecified atom stereocenters. The molecule has 18 heavy (non-hydrogen) atoms. The smallest absolute Gasteiger partial charge is 0.334 e. The van der Waals surface area contributed by atoms with Gasteiger partial charge >= 0.3 is 17.9 Å². The third-order valence-corrected chi connectivity index (χ3v) is 2.44. The molecular weight excluding hydrogens is 242 g/mol. The molecule has 1 aliphatic rings. The summed E-state index contributed by atoms with van der Waals surface area (Å²) in [4.78, 5) is 33.6. The molecule has 8 heteroatoms. The summed E-state index contributed by atoms with van der Waals surface area (Å²) in [6.07, 6.45) is 1.48. The second-order valence-electron chi connectivity index (χ2n) is 3.88. The van der Waals surface area contributed by atoms with Crippen LogP contribution in [0.15, 0.2) is 0 Å². The number of nitrogens with one attached hydrogen (secondary N) is 1. The molecule has 1 saturated heterocycles. The molecular formula is C10H17N3O5. The third-order valence-electron chi connectivity index (χ3n) is 2.44. The molecule has 1 fully saturated rings. The van der Waals surface area contributed by atoms with Crippen LogP contribution in [0, 0.1) is 0 Å². The number of esters is 3. The van der Waals surface area contributed by atoms with Gasteiger partial charge in [-0.2, -0.15) is 0 Å². The SMILES string of the molecule is NCC(=O)OC[C@H](N)C(=O)OC(=O)[C@@H]1CCCN1. The molecule has 8 nitrogen and oxygen atoms in total. The second-order valence-corrected chi connectivity index (χ2v) is 3.88. The minimum Gasteiger partial charge on any atom is -0.462 e. The maximum Gasteiger partial charge on any atom is 0.334 e. The first-order valence-corrected chi connectivity index (χ1v) is 5.64. The minimum absolute atomic E-state index is 0.299.